The number of nitrogens with two attached hydrogens (primary N) is 1. The third-order valence-corrected chi connectivity index (χ3v) is 6.87. The van der Waals surface area contributed by atoms with Crippen LogP contribution in [0.1, 0.15) is 49.8 Å². The molecule has 0 saturated carbocycles. The Labute approximate surface area is 194 Å². The van der Waals surface area contributed by atoms with Crippen LogP contribution in [0.5, 0.6) is 0 Å². The lowest BCUT2D eigenvalue weighted by atomic mass is 9.88. The van der Waals surface area contributed by atoms with Gasteiger partial charge in [0.05, 0.1) is 19.7 Å². The molecule has 4 rings (SSSR count). The number of hydrogen-bond acceptors (Lipinski definition) is 7. The Balaban J connectivity index is 1.54. The van der Waals surface area contributed by atoms with Crippen molar-refractivity contribution in [2.75, 3.05) is 12.8 Å². The van der Waals surface area contributed by atoms with Gasteiger partial charge in [-0.25, -0.2) is 9.97 Å². The SMILES string of the molecule is [B]C(NC)c1ccc(-c2cc(-c3nc(C4C=CC(SC(C)C)CC4)cnc3N)on2)cc1. The van der Waals surface area contributed by atoms with Crippen LogP contribution in [0.15, 0.2) is 53.2 Å². The van der Waals surface area contributed by atoms with Gasteiger partial charge in [-0.05, 0) is 36.6 Å². The summed E-state index contributed by atoms with van der Waals surface area (Å²) in [5.41, 5.74) is 10.2. The van der Waals surface area contributed by atoms with Gasteiger partial charge < -0.3 is 15.6 Å². The maximum absolute atomic E-state index is 6.14. The molecule has 164 valence electrons. The highest BCUT2D eigenvalue weighted by molar-refractivity contribution is 8.00. The highest BCUT2D eigenvalue weighted by Crippen LogP contribution is 2.35. The number of allylic oxidation sites excluding steroid dienone is 1. The maximum Gasteiger partial charge on any atom is 0.189 e. The van der Waals surface area contributed by atoms with Crippen molar-refractivity contribution in [2.45, 2.75) is 49.0 Å². The molecule has 8 heteroatoms. The summed E-state index contributed by atoms with van der Waals surface area (Å²) in [6.07, 6.45) is 8.49. The summed E-state index contributed by atoms with van der Waals surface area (Å²) < 4.78 is 5.60. The van der Waals surface area contributed by atoms with Gasteiger partial charge in [-0.3, -0.25) is 0 Å². The van der Waals surface area contributed by atoms with Crippen LogP contribution >= 0.6 is 11.8 Å². The summed E-state index contributed by atoms with van der Waals surface area (Å²) in [7, 11) is 7.83. The fourth-order valence-electron chi connectivity index (χ4n) is 3.83. The molecule has 3 aromatic rings. The topological polar surface area (TPSA) is 89.9 Å². The molecule has 3 unspecified atom stereocenters. The van der Waals surface area contributed by atoms with Crippen molar-refractivity contribution in [3.05, 3.63) is 59.9 Å². The Morgan fingerprint density at radius 3 is 2.62 bits per heavy atom. The van der Waals surface area contributed by atoms with Crippen LogP contribution in [-0.2, 0) is 0 Å². The first kappa shape index (κ1) is 22.6. The Bertz CT molecular complexity index is 1080. The molecule has 1 aliphatic rings. The van der Waals surface area contributed by atoms with Crippen LogP contribution in [0.25, 0.3) is 22.7 Å². The van der Waals surface area contributed by atoms with E-state index in [0.29, 0.717) is 33.5 Å². The molecule has 0 spiro atoms. The highest BCUT2D eigenvalue weighted by atomic mass is 32.2. The van der Waals surface area contributed by atoms with Gasteiger partial charge in [-0.2, -0.15) is 11.8 Å². The van der Waals surface area contributed by atoms with E-state index in [1.54, 1.807) is 6.20 Å². The van der Waals surface area contributed by atoms with Gasteiger partial charge in [0.25, 0.3) is 0 Å². The first-order valence-corrected chi connectivity index (χ1v) is 11.9. The molecule has 3 N–H and O–H groups in total. The van der Waals surface area contributed by atoms with Gasteiger partial charge in [0.15, 0.2) is 17.3 Å². The number of benzene rings is 1. The number of rotatable bonds is 7. The van der Waals surface area contributed by atoms with Crippen LogP contribution in [0, 0.1) is 0 Å². The number of aromatic nitrogens is 3. The van der Waals surface area contributed by atoms with E-state index >= 15 is 0 Å². The Morgan fingerprint density at radius 1 is 1.19 bits per heavy atom. The second-order valence-corrected chi connectivity index (χ2v) is 10.1. The molecular weight excluding hydrogens is 417 g/mol. The molecule has 0 amide bonds. The summed E-state index contributed by atoms with van der Waals surface area (Å²) in [6, 6.07) is 9.74. The number of thioether (sulfide) groups is 1. The van der Waals surface area contributed by atoms with Crippen LogP contribution < -0.4 is 11.1 Å². The van der Waals surface area contributed by atoms with E-state index in [1.165, 1.54) is 0 Å². The van der Waals surface area contributed by atoms with Gasteiger partial charge in [-0.15, -0.1) is 0 Å². The average Bonchev–Trinajstić information content (AvgIpc) is 3.29. The zero-order valence-electron chi connectivity index (χ0n) is 18.7. The molecule has 0 bridgehead atoms. The third-order valence-electron chi connectivity index (χ3n) is 5.59. The Morgan fingerprint density at radius 2 is 1.97 bits per heavy atom. The van der Waals surface area contributed by atoms with E-state index in [0.717, 1.165) is 29.7 Å². The summed E-state index contributed by atoms with van der Waals surface area (Å²) >= 11 is 2.00. The predicted octanol–water partition coefficient (Wildman–Crippen LogP) is 4.71. The van der Waals surface area contributed by atoms with Gasteiger partial charge in [0, 0.05) is 22.8 Å². The van der Waals surface area contributed by atoms with E-state index in [-0.39, 0.29) is 11.9 Å². The quantitative estimate of drug-likeness (QED) is 0.402. The first-order valence-electron chi connectivity index (χ1n) is 10.9. The number of nitrogens with zero attached hydrogens (tertiary/aromatic N) is 3. The van der Waals surface area contributed by atoms with Crippen molar-refractivity contribution in [1.29, 1.82) is 0 Å². The van der Waals surface area contributed by atoms with Gasteiger partial charge in [-0.1, -0.05) is 55.4 Å². The second-order valence-electron chi connectivity index (χ2n) is 8.29. The van der Waals surface area contributed by atoms with Gasteiger partial charge in [0.1, 0.15) is 5.69 Å². The lowest BCUT2D eigenvalue weighted by molar-refractivity contribution is 0.433. The third kappa shape index (κ3) is 5.08. The van der Waals surface area contributed by atoms with Crippen LogP contribution in [0.3, 0.4) is 0 Å². The molecule has 2 heterocycles. The number of nitrogens with one attached hydrogen (secondary N) is 1. The van der Waals surface area contributed by atoms with Crippen molar-refractivity contribution in [3.8, 4) is 22.7 Å². The lowest BCUT2D eigenvalue weighted by Gasteiger charge is -2.23. The predicted molar refractivity (Wildman–Crippen MR) is 133 cm³/mol. The minimum Gasteiger partial charge on any atom is -0.382 e. The van der Waals surface area contributed by atoms with Crippen molar-refractivity contribution in [1.82, 2.24) is 20.4 Å². The standard InChI is InChI=1S/C24H28BN5OS/c1-14(2)32-18-10-8-16(9-11-18)20-13-28-24(26)22(29-20)21-12-19(30-31-21)15-4-6-17(7-5-15)23(25)27-3/h4-8,10,12-14,16,18,23,27H,9,11H2,1-3H3,(H2,26,28). The molecule has 0 aliphatic heterocycles. The number of hydrogen-bond donors (Lipinski definition) is 2. The summed E-state index contributed by atoms with van der Waals surface area (Å²) in [6.45, 7) is 4.47. The van der Waals surface area contributed by atoms with Crippen LogP contribution in [0.4, 0.5) is 5.82 Å². The van der Waals surface area contributed by atoms with E-state index in [9.17, 15) is 0 Å². The van der Waals surface area contributed by atoms with Crippen LogP contribution in [0.2, 0.25) is 0 Å². The minimum atomic E-state index is -0.206. The smallest absolute Gasteiger partial charge is 0.189 e. The molecule has 2 aromatic heterocycles. The molecular formula is C24H28BN5OS. The van der Waals surface area contributed by atoms with Gasteiger partial charge in [0.2, 0.25) is 0 Å². The maximum atomic E-state index is 6.14. The fourth-order valence-corrected chi connectivity index (χ4v) is 4.98. The van der Waals surface area contributed by atoms with Crippen molar-refractivity contribution in [3.63, 3.8) is 0 Å². The highest BCUT2D eigenvalue weighted by Gasteiger charge is 2.22. The normalized spacial score (nSPS) is 19.4. The molecule has 1 aromatic carbocycles. The zero-order chi connectivity index (χ0) is 22.7. The molecule has 0 fully saturated rings. The monoisotopic (exact) mass is 445 g/mol. The molecule has 2 radical (unpaired) electrons. The van der Waals surface area contributed by atoms with Crippen molar-refractivity contribution < 1.29 is 4.52 Å². The van der Waals surface area contributed by atoms with E-state index < -0.39 is 0 Å². The molecule has 0 saturated heterocycles. The minimum absolute atomic E-state index is 0.206. The summed E-state index contributed by atoms with van der Waals surface area (Å²) in [5, 5.41) is 8.43. The molecule has 6 nitrogen and oxygen atoms in total. The summed E-state index contributed by atoms with van der Waals surface area (Å²) in [4.78, 5) is 9.19. The summed E-state index contributed by atoms with van der Waals surface area (Å²) in [5.74, 6) is 0.871. The van der Waals surface area contributed by atoms with E-state index in [1.807, 2.05) is 49.1 Å². The lowest BCUT2D eigenvalue weighted by Crippen LogP contribution is -2.15. The largest absolute Gasteiger partial charge is 0.382 e. The van der Waals surface area contributed by atoms with E-state index in [2.05, 4.69) is 41.5 Å². The first-order chi connectivity index (χ1) is 15.4. The second kappa shape index (κ2) is 9.92. The average molecular weight is 445 g/mol. The van der Waals surface area contributed by atoms with Crippen LogP contribution in [-0.4, -0.2) is 40.5 Å². The number of anilines is 1. The zero-order valence-corrected chi connectivity index (χ0v) is 19.5. The fraction of sp³-hybridized carbons (Fsp3) is 0.375. The Kier molecular flexibility index (Phi) is 7.01. The van der Waals surface area contributed by atoms with E-state index in [4.69, 9.17) is 23.1 Å². The van der Waals surface area contributed by atoms with Crippen molar-refractivity contribution >= 4 is 25.4 Å². The molecule has 3 atom stereocenters. The molecule has 1 aliphatic carbocycles. The Hall–Kier alpha value is -2.58. The molecule has 32 heavy (non-hydrogen) atoms. The van der Waals surface area contributed by atoms with Crippen molar-refractivity contribution in [2.24, 2.45) is 0 Å². The number of nitrogen functional groups attached to an aromatic ring is 1. The van der Waals surface area contributed by atoms with Gasteiger partial charge >= 0.3 is 0 Å².